The molecule has 0 N–H and O–H groups in total. The Bertz CT molecular complexity index is 4450. The highest BCUT2D eigenvalue weighted by molar-refractivity contribution is 6.99. The van der Waals surface area contributed by atoms with Crippen LogP contribution in [0.2, 0.25) is 0 Å². The minimum Gasteiger partial charge on any atom is -0.458 e. The maximum Gasteiger partial charge on any atom is 0.256 e. The minimum absolute atomic E-state index is 0.184. The standard InChI is InChI=1S/C79H52BNO/c1-6-23-53(24-7-1)57-31-20-33-61(47-57)65-39-22-40-66(62-34-21-32-58(48-62)54-25-8-2-9-26-54)78(65)81-73-50-60(56-29-12-4-13-30-56)43-45-71(73)80-72-49-59(55-27-10-3-11-28-55)44-46-75(72)82-76-52-64(51-74(81)77(76)80)79(63-35-14-5-15-36-63)69-41-18-16-37-67(69)68-38-17-19-42-70(68)79/h1-52H. The van der Waals surface area contributed by atoms with Gasteiger partial charge in [-0.2, -0.15) is 0 Å². The van der Waals surface area contributed by atoms with Crippen LogP contribution in [0.3, 0.4) is 0 Å². The molecule has 2 aliphatic heterocycles. The Morgan fingerprint density at radius 2 is 0.695 bits per heavy atom. The van der Waals surface area contributed by atoms with Crippen molar-refractivity contribution < 1.29 is 4.74 Å². The topological polar surface area (TPSA) is 12.5 Å². The Morgan fingerprint density at radius 1 is 0.268 bits per heavy atom. The van der Waals surface area contributed by atoms with E-state index in [9.17, 15) is 0 Å². The van der Waals surface area contributed by atoms with Gasteiger partial charge in [0.15, 0.2) is 0 Å². The van der Waals surface area contributed by atoms with Gasteiger partial charge < -0.3 is 9.64 Å². The van der Waals surface area contributed by atoms with E-state index in [4.69, 9.17) is 4.74 Å². The van der Waals surface area contributed by atoms with Crippen molar-refractivity contribution in [2.45, 2.75) is 5.41 Å². The number of benzene rings is 13. The molecule has 0 fully saturated rings. The Labute approximate surface area is 479 Å². The first-order chi connectivity index (χ1) is 40.7. The summed E-state index contributed by atoms with van der Waals surface area (Å²) in [6.07, 6.45) is 0. The third-order valence-corrected chi connectivity index (χ3v) is 17.4. The molecule has 16 rings (SSSR count). The first kappa shape index (κ1) is 47.5. The van der Waals surface area contributed by atoms with E-state index in [1.807, 2.05) is 0 Å². The predicted molar refractivity (Wildman–Crippen MR) is 342 cm³/mol. The quantitative estimate of drug-likeness (QED) is 0.134. The summed E-state index contributed by atoms with van der Waals surface area (Å²) < 4.78 is 7.60. The molecule has 0 saturated heterocycles. The van der Waals surface area contributed by atoms with Crippen LogP contribution in [0.4, 0.5) is 17.1 Å². The zero-order valence-corrected chi connectivity index (χ0v) is 45.0. The van der Waals surface area contributed by atoms with Gasteiger partial charge >= 0.3 is 0 Å². The van der Waals surface area contributed by atoms with Crippen LogP contribution in [0.15, 0.2) is 315 Å². The van der Waals surface area contributed by atoms with Crippen LogP contribution in [0.5, 0.6) is 11.5 Å². The first-order valence-electron chi connectivity index (χ1n) is 28.4. The fourth-order valence-corrected chi connectivity index (χ4v) is 13.8. The molecule has 3 aliphatic rings. The van der Waals surface area contributed by atoms with Gasteiger partial charge in [0.2, 0.25) is 0 Å². The lowest BCUT2D eigenvalue weighted by molar-refractivity contribution is 0.486. The van der Waals surface area contributed by atoms with Crippen molar-refractivity contribution in [2.75, 3.05) is 4.90 Å². The molecule has 13 aromatic rings. The summed E-state index contributed by atoms with van der Waals surface area (Å²) in [7, 11) is 0. The molecular formula is C79H52BNO. The van der Waals surface area contributed by atoms with Gasteiger partial charge in [-0.1, -0.05) is 279 Å². The van der Waals surface area contributed by atoms with Gasteiger partial charge in [0.1, 0.15) is 11.5 Å². The fourth-order valence-electron chi connectivity index (χ4n) is 13.8. The minimum atomic E-state index is -0.718. The van der Waals surface area contributed by atoms with Gasteiger partial charge in [0.25, 0.3) is 6.71 Å². The van der Waals surface area contributed by atoms with Crippen molar-refractivity contribution in [3.05, 3.63) is 338 Å². The number of hydrogen-bond donors (Lipinski definition) is 0. The van der Waals surface area contributed by atoms with Crippen LogP contribution in [-0.2, 0) is 5.41 Å². The highest BCUT2D eigenvalue weighted by atomic mass is 16.5. The summed E-state index contributed by atoms with van der Waals surface area (Å²) in [6.45, 7) is -0.184. The van der Waals surface area contributed by atoms with E-state index in [2.05, 4.69) is 320 Å². The summed E-state index contributed by atoms with van der Waals surface area (Å²) in [5.41, 5.74) is 27.2. The lowest BCUT2D eigenvalue weighted by Crippen LogP contribution is -2.59. The van der Waals surface area contributed by atoms with Gasteiger partial charge in [-0.25, -0.2) is 0 Å². The molecule has 0 spiro atoms. The lowest BCUT2D eigenvalue weighted by Gasteiger charge is -2.43. The molecule has 0 aromatic heterocycles. The van der Waals surface area contributed by atoms with E-state index in [-0.39, 0.29) is 6.71 Å². The molecule has 0 amide bonds. The van der Waals surface area contributed by atoms with Crippen molar-refractivity contribution in [1.29, 1.82) is 0 Å². The summed E-state index contributed by atoms with van der Waals surface area (Å²) in [5.74, 6) is 1.72. The van der Waals surface area contributed by atoms with E-state index in [1.165, 1.54) is 50.0 Å². The normalized spacial score (nSPS) is 13.0. The molecule has 0 unspecified atom stereocenters. The smallest absolute Gasteiger partial charge is 0.256 e. The van der Waals surface area contributed by atoms with Gasteiger partial charge in [0.05, 0.1) is 11.1 Å². The van der Waals surface area contributed by atoms with E-state index in [0.717, 1.165) is 95.1 Å². The highest BCUT2D eigenvalue weighted by Crippen LogP contribution is 2.58. The summed E-state index contributed by atoms with van der Waals surface area (Å²) in [5, 5.41) is 0. The molecule has 1 aliphatic carbocycles. The number of para-hydroxylation sites is 1. The predicted octanol–water partition coefficient (Wildman–Crippen LogP) is 18.5. The Kier molecular flexibility index (Phi) is 11.2. The second-order valence-corrected chi connectivity index (χ2v) is 21.8. The zero-order chi connectivity index (χ0) is 54.1. The second-order valence-electron chi connectivity index (χ2n) is 21.8. The van der Waals surface area contributed by atoms with Crippen LogP contribution in [0, 0.1) is 0 Å². The third-order valence-electron chi connectivity index (χ3n) is 17.4. The summed E-state index contributed by atoms with van der Waals surface area (Å²) in [6, 6.07) is 116. The Hall–Kier alpha value is -10.5. The van der Waals surface area contributed by atoms with Gasteiger partial charge in [-0.3, -0.25) is 0 Å². The number of fused-ring (bicyclic) bond motifs is 7. The van der Waals surface area contributed by atoms with Gasteiger partial charge in [0, 0.05) is 22.5 Å². The first-order valence-corrected chi connectivity index (χ1v) is 28.4. The van der Waals surface area contributed by atoms with Crippen molar-refractivity contribution in [3.63, 3.8) is 0 Å². The molecule has 82 heavy (non-hydrogen) atoms. The molecule has 3 heteroatoms. The summed E-state index contributed by atoms with van der Waals surface area (Å²) in [4.78, 5) is 2.64. The fraction of sp³-hybridized carbons (Fsp3) is 0.0127. The van der Waals surface area contributed by atoms with Crippen LogP contribution in [0.1, 0.15) is 22.3 Å². The van der Waals surface area contributed by atoms with Crippen LogP contribution in [-0.4, -0.2) is 6.71 Å². The molecule has 0 radical (unpaired) electrons. The molecule has 2 nitrogen and oxygen atoms in total. The Morgan fingerprint density at radius 3 is 1.24 bits per heavy atom. The number of nitrogens with zero attached hydrogens (tertiary/aromatic N) is 1. The molecule has 13 aromatic carbocycles. The molecule has 382 valence electrons. The highest BCUT2D eigenvalue weighted by Gasteiger charge is 2.49. The molecular weight excluding hydrogens is 990 g/mol. The maximum atomic E-state index is 7.60. The number of anilines is 3. The second kappa shape index (κ2) is 19.4. The van der Waals surface area contributed by atoms with Crippen LogP contribution >= 0.6 is 0 Å². The average Bonchev–Trinajstić information content (AvgIpc) is 1.55. The van der Waals surface area contributed by atoms with Crippen LogP contribution in [0.25, 0.3) is 77.9 Å². The van der Waals surface area contributed by atoms with Crippen LogP contribution < -0.4 is 26.0 Å². The van der Waals surface area contributed by atoms with Gasteiger partial charge in [-0.15, -0.1) is 0 Å². The monoisotopic (exact) mass is 1040 g/mol. The molecule has 0 saturated carbocycles. The molecule has 0 atom stereocenters. The average molecular weight is 1040 g/mol. The summed E-state index contributed by atoms with van der Waals surface area (Å²) >= 11 is 0. The van der Waals surface area contributed by atoms with E-state index in [1.54, 1.807) is 0 Å². The van der Waals surface area contributed by atoms with Crippen molar-refractivity contribution >= 4 is 40.2 Å². The lowest BCUT2D eigenvalue weighted by atomic mass is 9.34. The Balaban J connectivity index is 1.06. The SMILES string of the molecule is c1ccc(-c2cccc(-c3cccc(-c4cccc(-c5ccccc5)c4)c3N3c4cc(-c5ccccc5)ccc4B4c5cc(-c6ccccc6)ccc5Oc5cc(C6(c7ccccc7)c7ccccc7-c7ccccc76)cc3c54)c2)cc1. The third kappa shape index (κ3) is 7.58. The molecule has 0 bridgehead atoms. The zero-order valence-electron chi connectivity index (χ0n) is 45.0. The molecule has 2 heterocycles. The van der Waals surface area contributed by atoms with E-state index < -0.39 is 5.41 Å². The number of hydrogen-bond acceptors (Lipinski definition) is 2. The van der Waals surface area contributed by atoms with Gasteiger partial charge in [-0.05, 0) is 142 Å². The number of rotatable bonds is 9. The van der Waals surface area contributed by atoms with E-state index in [0.29, 0.717) is 0 Å². The maximum absolute atomic E-state index is 7.60. The largest absolute Gasteiger partial charge is 0.458 e. The van der Waals surface area contributed by atoms with E-state index >= 15 is 0 Å². The van der Waals surface area contributed by atoms with Crippen molar-refractivity contribution in [2.24, 2.45) is 0 Å². The van der Waals surface area contributed by atoms with Crippen molar-refractivity contribution in [1.82, 2.24) is 0 Å². The number of ether oxygens (including phenoxy) is 1. The van der Waals surface area contributed by atoms with Crippen molar-refractivity contribution in [3.8, 4) is 89.4 Å².